The lowest BCUT2D eigenvalue weighted by molar-refractivity contribution is 0.0285. The van der Waals surface area contributed by atoms with E-state index in [1.807, 2.05) is 0 Å². The van der Waals surface area contributed by atoms with Crippen LogP contribution >= 0.6 is 0 Å². The van der Waals surface area contributed by atoms with E-state index in [1.165, 1.54) is 19.2 Å². The van der Waals surface area contributed by atoms with Gasteiger partial charge >= 0.3 is 5.97 Å². The van der Waals surface area contributed by atoms with Gasteiger partial charge in [0.25, 0.3) is 5.91 Å². The largest absolute Gasteiger partial charge is 0.478 e. The molecule has 0 saturated carbocycles. The number of amides is 1. The summed E-state index contributed by atoms with van der Waals surface area (Å²) < 4.78 is 10.0. The molecule has 1 heterocycles. The number of aromatic carboxylic acids is 1. The molecule has 1 amide bonds. The van der Waals surface area contributed by atoms with E-state index in [0.717, 1.165) is 6.20 Å². The number of hydrogen-bond acceptors (Lipinski definition) is 5. The Morgan fingerprint density at radius 1 is 1.42 bits per heavy atom. The second-order valence-corrected chi connectivity index (χ2v) is 3.76. The fourth-order valence-corrected chi connectivity index (χ4v) is 1.35. The highest BCUT2D eigenvalue weighted by molar-refractivity contribution is 5.93. The van der Waals surface area contributed by atoms with Crippen LogP contribution in [0.15, 0.2) is 18.3 Å². The van der Waals surface area contributed by atoms with Gasteiger partial charge in [0, 0.05) is 27.0 Å². The highest BCUT2D eigenvalue weighted by Crippen LogP contribution is 2.00. The summed E-state index contributed by atoms with van der Waals surface area (Å²) in [5, 5.41) is 11.3. The van der Waals surface area contributed by atoms with Gasteiger partial charge in [-0.15, -0.1) is 0 Å². The number of methoxy groups -OCH3 is 2. The molecule has 0 saturated heterocycles. The summed E-state index contributed by atoms with van der Waals surface area (Å²) in [7, 11) is 3.07. The average Bonchev–Trinajstić information content (AvgIpc) is 2.43. The van der Waals surface area contributed by atoms with E-state index in [0.29, 0.717) is 6.61 Å². The smallest absolute Gasteiger partial charge is 0.337 e. The minimum absolute atomic E-state index is 0.0331. The van der Waals surface area contributed by atoms with Crippen molar-refractivity contribution in [3.8, 4) is 0 Å². The number of carbonyl (C=O) groups excluding carboxylic acids is 1. The Balaban J connectivity index is 2.55. The molecule has 1 unspecified atom stereocenters. The number of nitrogens with zero attached hydrogens (tertiary/aromatic N) is 1. The van der Waals surface area contributed by atoms with Crippen LogP contribution in [-0.2, 0) is 9.47 Å². The van der Waals surface area contributed by atoms with Gasteiger partial charge in [0.05, 0.1) is 18.3 Å². The lowest BCUT2D eigenvalue weighted by atomic mass is 10.2. The number of carbonyl (C=O) groups is 2. The van der Waals surface area contributed by atoms with Gasteiger partial charge in [0.15, 0.2) is 0 Å². The van der Waals surface area contributed by atoms with Gasteiger partial charge in [-0.1, -0.05) is 0 Å². The van der Waals surface area contributed by atoms with Crippen molar-refractivity contribution in [2.75, 3.05) is 27.4 Å². The average molecular weight is 268 g/mol. The van der Waals surface area contributed by atoms with Crippen molar-refractivity contribution in [2.45, 2.75) is 6.10 Å². The van der Waals surface area contributed by atoms with E-state index in [9.17, 15) is 9.59 Å². The number of carboxylic acids is 1. The number of pyridine rings is 1. The molecule has 1 atom stereocenters. The van der Waals surface area contributed by atoms with Crippen molar-refractivity contribution in [3.05, 3.63) is 29.6 Å². The first-order valence-electron chi connectivity index (χ1n) is 5.57. The zero-order valence-corrected chi connectivity index (χ0v) is 10.8. The maximum atomic E-state index is 11.7. The molecule has 7 nitrogen and oxygen atoms in total. The Morgan fingerprint density at radius 3 is 2.63 bits per heavy atom. The van der Waals surface area contributed by atoms with Gasteiger partial charge in [0.2, 0.25) is 0 Å². The van der Waals surface area contributed by atoms with Crippen LogP contribution in [0.5, 0.6) is 0 Å². The number of carboxylic acid groups (broad SMARTS) is 1. The summed E-state index contributed by atoms with van der Waals surface area (Å²) in [6, 6.07) is 2.68. The van der Waals surface area contributed by atoms with Crippen LogP contribution in [-0.4, -0.2) is 55.4 Å². The molecule has 0 bridgehead atoms. The van der Waals surface area contributed by atoms with Crippen molar-refractivity contribution in [1.82, 2.24) is 10.3 Å². The first-order valence-corrected chi connectivity index (χ1v) is 5.57. The van der Waals surface area contributed by atoms with Crippen molar-refractivity contribution in [1.29, 1.82) is 0 Å². The van der Waals surface area contributed by atoms with Gasteiger partial charge < -0.3 is 19.9 Å². The SMILES string of the molecule is COCC(CNC(=O)c1ccc(C(=O)O)cn1)OC. The van der Waals surface area contributed by atoms with Crippen molar-refractivity contribution >= 4 is 11.9 Å². The molecule has 7 heteroatoms. The fraction of sp³-hybridized carbons (Fsp3) is 0.417. The monoisotopic (exact) mass is 268 g/mol. The van der Waals surface area contributed by atoms with Gasteiger partial charge in [-0.25, -0.2) is 4.79 Å². The minimum Gasteiger partial charge on any atom is -0.478 e. The number of ether oxygens (including phenoxy) is 2. The third-order valence-corrected chi connectivity index (χ3v) is 2.42. The van der Waals surface area contributed by atoms with Crippen LogP contribution in [0, 0.1) is 0 Å². The maximum Gasteiger partial charge on any atom is 0.337 e. The second kappa shape index (κ2) is 7.45. The van der Waals surface area contributed by atoms with Gasteiger partial charge in [-0.3, -0.25) is 9.78 Å². The molecule has 2 N–H and O–H groups in total. The fourth-order valence-electron chi connectivity index (χ4n) is 1.35. The topological polar surface area (TPSA) is 97.8 Å². The Bertz CT molecular complexity index is 432. The van der Waals surface area contributed by atoms with Crippen molar-refractivity contribution in [3.63, 3.8) is 0 Å². The summed E-state index contributed by atoms with van der Waals surface area (Å²) >= 11 is 0. The first-order chi connectivity index (χ1) is 9.08. The zero-order chi connectivity index (χ0) is 14.3. The molecule has 0 aromatic carbocycles. The van der Waals surface area contributed by atoms with Crippen LogP contribution in [0.1, 0.15) is 20.8 Å². The van der Waals surface area contributed by atoms with Crippen LogP contribution in [0.4, 0.5) is 0 Å². The van der Waals surface area contributed by atoms with Crippen LogP contribution in [0.25, 0.3) is 0 Å². The third kappa shape index (κ3) is 4.65. The molecule has 0 spiro atoms. The molecule has 0 aliphatic rings. The summed E-state index contributed by atoms with van der Waals surface area (Å²) in [6.45, 7) is 0.647. The van der Waals surface area contributed by atoms with Crippen LogP contribution < -0.4 is 5.32 Å². The van der Waals surface area contributed by atoms with Gasteiger partial charge in [0.1, 0.15) is 5.69 Å². The van der Waals surface area contributed by atoms with E-state index >= 15 is 0 Å². The Hall–Kier alpha value is -1.99. The molecule has 1 aromatic rings. The molecule has 104 valence electrons. The first kappa shape index (κ1) is 15.1. The maximum absolute atomic E-state index is 11.7. The van der Waals surface area contributed by atoms with E-state index < -0.39 is 11.9 Å². The van der Waals surface area contributed by atoms with Crippen LogP contribution in [0.3, 0.4) is 0 Å². The molecule has 0 radical (unpaired) electrons. The summed E-state index contributed by atoms with van der Waals surface area (Å²) in [5.74, 6) is -1.48. The minimum atomic E-state index is -1.08. The Morgan fingerprint density at radius 2 is 2.16 bits per heavy atom. The predicted octanol–water partition coefficient (Wildman–Crippen LogP) is 0.171. The molecule has 0 aliphatic carbocycles. The van der Waals surface area contributed by atoms with Crippen LogP contribution in [0.2, 0.25) is 0 Å². The summed E-state index contributed by atoms with van der Waals surface area (Å²) in [6.07, 6.45) is 0.896. The number of rotatable bonds is 7. The number of nitrogens with one attached hydrogen (secondary N) is 1. The number of aromatic nitrogens is 1. The van der Waals surface area contributed by atoms with Gasteiger partial charge in [-0.05, 0) is 12.1 Å². The Kier molecular flexibility index (Phi) is 5.91. The quantitative estimate of drug-likeness (QED) is 0.731. The molecule has 1 rings (SSSR count). The predicted molar refractivity (Wildman–Crippen MR) is 66.2 cm³/mol. The summed E-state index contributed by atoms with van der Waals surface area (Å²) in [4.78, 5) is 26.2. The number of hydrogen-bond donors (Lipinski definition) is 2. The highest BCUT2D eigenvalue weighted by Gasteiger charge is 2.12. The van der Waals surface area contributed by atoms with E-state index in [1.54, 1.807) is 7.11 Å². The van der Waals surface area contributed by atoms with E-state index in [4.69, 9.17) is 14.6 Å². The molecule has 19 heavy (non-hydrogen) atoms. The lowest BCUT2D eigenvalue weighted by Gasteiger charge is -2.14. The molecule has 0 aliphatic heterocycles. The van der Waals surface area contributed by atoms with E-state index in [2.05, 4.69) is 10.3 Å². The third-order valence-electron chi connectivity index (χ3n) is 2.42. The molecule has 1 aromatic heterocycles. The normalized spacial score (nSPS) is 11.9. The molecule has 0 fully saturated rings. The summed E-state index contributed by atoms with van der Waals surface area (Å²) in [5.41, 5.74) is 0.183. The second-order valence-electron chi connectivity index (χ2n) is 3.76. The molecular formula is C12H16N2O5. The van der Waals surface area contributed by atoms with E-state index in [-0.39, 0.29) is 23.9 Å². The van der Waals surface area contributed by atoms with Crippen molar-refractivity contribution < 1.29 is 24.2 Å². The highest BCUT2D eigenvalue weighted by atomic mass is 16.5. The van der Waals surface area contributed by atoms with Crippen molar-refractivity contribution in [2.24, 2.45) is 0 Å². The van der Waals surface area contributed by atoms with Gasteiger partial charge in [-0.2, -0.15) is 0 Å². The standard InChI is InChI=1S/C12H16N2O5/c1-18-7-9(19-2)6-14-11(15)10-4-3-8(5-13-10)12(16)17/h3-5,9H,6-7H2,1-2H3,(H,14,15)(H,16,17). The zero-order valence-electron chi connectivity index (χ0n) is 10.8. The lowest BCUT2D eigenvalue weighted by Crippen LogP contribution is -2.35. The Labute approximate surface area is 110 Å². The molecular weight excluding hydrogens is 252 g/mol.